The van der Waals surface area contributed by atoms with Crippen LogP contribution in [0.25, 0.3) is 10.6 Å². The highest BCUT2D eigenvalue weighted by Crippen LogP contribution is 2.30. The van der Waals surface area contributed by atoms with E-state index in [-0.39, 0.29) is 5.69 Å². The Hall–Kier alpha value is -1.62. The van der Waals surface area contributed by atoms with Crippen LogP contribution in [0, 0.1) is 0 Å². The molecule has 2 aromatic heterocycles. The molecule has 0 atom stereocenters. The lowest BCUT2D eigenvalue weighted by atomic mass is 10.1. The lowest BCUT2D eigenvalue weighted by molar-refractivity contribution is 0.0991. The van der Waals surface area contributed by atoms with Crippen LogP contribution in [0.3, 0.4) is 0 Å². The average Bonchev–Trinajstić information content (AvgIpc) is 2.85. The van der Waals surface area contributed by atoms with E-state index in [2.05, 4.69) is 5.16 Å². The fraction of sp³-hybridized carbons (Fsp3) is 0.200. The van der Waals surface area contributed by atoms with Crippen molar-refractivity contribution in [1.29, 1.82) is 0 Å². The van der Waals surface area contributed by atoms with E-state index in [1.807, 2.05) is 24.4 Å². The van der Waals surface area contributed by atoms with E-state index in [1.165, 1.54) is 0 Å². The van der Waals surface area contributed by atoms with Crippen LogP contribution in [0.15, 0.2) is 22.0 Å². The van der Waals surface area contributed by atoms with Crippen molar-refractivity contribution >= 4 is 17.2 Å². The van der Waals surface area contributed by atoms with Gasteiger partial charge in [0.05, 0.1) is 4.88 Å². The van der Waals surface area contributed by atoms with Gasteiger partial charge in [-0.05, 0) is 17.9 Å². The van der Waals surface area contributed by atoms with Crippen LogP contribution >= 0.6 is 11.3 Å². The van der Waals surface area contributed by atoms with Crippen molar-refractivity contribution in [3.05, 3.63) is 28.8 Å². The summed E-state index contributed by atoms with van der Waals surface area (Å²) in [6.07, 6.45) is 0.676. The van der Waals surface area contributed by atoms with Crippen LogP contribution in [0.1, 0.15) is 23.0 Å². The summed E-state index contributed by atoms with van der Waals surface area (Å²) in [7, 11) is 0. The Balaban J connectivity index is 2.54. The van der Waals surface area contributed by atoms with E-state index in [4.69, 9.17) is 10.3 Å². The number of carbonyl (C=O) groups excluding carboxylic acids is 1. The van der Waals surface area contributed by atoms with E-state index in [9.17, 15) is 4.79 Å². The molecular weight excluding hydrogens is 212 g/mol. The number of thiophene rings is 1. The molecule has 4 nitrogen and oxygen atoms in total. The predicted octanol–water partition coefficient (Wildman–Crippen LogP) is 2.06. The first kappa shape index (κ1) is 9.92. The van der Waals surface area contributed by atoms with Gasteiger partial charge in [-0.2, -0.15) is 0 Å². The first-order valence-electron chi connectivity index (χ1n) is 4.56. The third-order valence-electron chi connectivity index (χ3n) is 2.12. The van der Waals surface area contributed by atoms with Gasteiger partial charge >= 0.3 is 0 Å². The molecule has 0 aromatic carbocycles. The summed E-state index contributed by atoms with van der Waals surface area (Å²) in [6, 6.07) is 3.85. The second-order valence-electron chi connectivity index (χ2n) is 3.03. The Labute approximate surface area is 90.7 Å². The van der Waals surface area contributed by atoms with Gasteiger partial charge in [-0.1, -0.05) is 18.1 Å². The Bertz CT molecular complexity index is 474. The Morgan fingerprint density at radius 3 is 3.00 bits per heavy atom. The van der Waals surface area contributed by atoms with E-state index >= 15 is 0 Å². The molecule has 2 heterocycles. The molecule has 0 bridgehead atoms. The monoisotopic (exact) mass is 222 g/mol. The van der Waals surface area contributed by atoms with Crippen LogP contribution in [0.5, 0.6) is 0 Å². The average molecular weight is 222 g/mol. The molecule has 5 heteroatoms. The van der Waals surface area contributed by atoms with Crippen molar-refractivity contribution in [1.82, 2.24) is 5.16 Å². The zero-order chi connectivity index (χ0) is 10.8. The Morgan fingerprint density at radius 2 is 2.47 bits per heavy atom. The summed E-state index contributed by atoms with van der Waals surface area (Å²) in [5.74, 6) is 0.111. The molecule has 2 N–H and O–H groups in total. The van der Waals surface area contributed by atoms with Crippen LogP contribution in [-0.4, -0.2) is 11.1 Å². The van der Waals surface area contributed by atoms with Crippen molar-refractivity contribution in [2.75, 3.05) is 0 Å². The topological polar surface area (TPSA) is 69.1 Å². The molecule has 0 aliphatic carbocycles. The smallest absolute Gasteiger partial charge is 0.271 e. The SMILES string of the molecule is CCc1c(C(N)=O)noc1-c1cccs1. The summed E-state index contributed by atoms with van der Waals surface area (Å²) in [4.78, 5) is 12.0. The van der Waals surface area contributed by atoms with Crippen LogP contribution in [0.2, 0.25) is 0 Å². The standard InChI is InChI=1S/C10H10N2O2S/c1-2-6-8(10(11)13)12-14-9(6)7-4-3-5-15-7/h3-5H,2H2,1H3,(H2,11,13). The molecule has 0 saturated heterocycles. The summed E-state index contributed by atoms with van der Waals surface area (Å²) >= 11 is 1.54. The minimum absolute atomic E-state index is 0.237. The number of rotatable bonds is 3. The number of hydrogen-bond donors (Lipinski definition) is 1. The van der Waals surface area contributed by atoms with Crippen LogP contribution in [0.4, 0.5) is 0 Å². The number of amides is 1. The molecule has 2 rings (SSSR count). The zero-order valence-corrected chi connectivity index (χ0v) is 9.00. The molecule has 2 aromatic rings. The minimum Gasteiger partial charge on any atom is -0.364 e. The fourth-order valence-corrected chi connectivity index (χ4v) is 2.16. The van der Waals surface area contributed by atoms with Gasteiger partial charge in [0, 0.05) is 5.56 Å². The van der Waals surface area contributed by atoms with Crippen molar-refractivity contribution < 1.29 is 9.32 Å². The van der Waals surface area contributed by atoms with E-state index in [0.717, 1.165) is 10.4 Å². The lowest BCUT2D eigenvalue weighted by Crippen LogP contribution is -2.13. The highest BCUT2D eigenvalue weighted by Gasteiger charge is 2.19. The van der Waals surface area contributed by atoms with Crippen LogP contribution < -0.4 is 5.73 Å². The molecule has 0 aliphatic rings. The van der Waals surface area contributed by atoms with Crippen LogP contribution in [-0.2, 0) is 6.42 Å². The van der Waals surface area contributed by atoms with Gasteiger partial charge in [-0.3, -0.25) is 4.79 Å². The van der Waals surface area contributed by atoms with Gasteiger partial charge in [0.2, 0.25) is 0 Å². The second-order valence-corrected chi connectivity index (χ2v) is 3.98. The number of carbonyl (C=O) groups is 1. The molecule has 0 unspecified atom stereocenters. The summed E-state index contributed by atoms with van der Waals surface area (Å²) in [5.41, 5.74) is 6.22. The van der Waals surface area contributed by atoms with Crippen molar-refractivity contribution in [2.45, 2.75) is 13.3 Å². The maximum atomic E-state index is 11.1. The number of nitrogens with zero attached hydrogens (tertiary/aromatic N) is 1. The normalized spacial score (nSPS) is 10.5. The second kappa shape index (κ2) is 3.86. The molecule has 0 radical (unpaired) electrons. The molecule has 0 saturated carbocycles. The molecule has 0 aliphatic heterocycles. The molecule has 0 spiro atoms. The van der Waals surface area contributed by atoms with Crippen molar-refractivity contribution in [3.63, 3.8) is 0 Å². The van der Waals surface area contributed by atoms with Gasteiger partial charge < -0.3 is 10.3 Å². The van der Waals surface area contributed by atoms with E-state index in [1.54, 1.807) is 11.3 Å². The fourth-order valence-electron chi connectivity index (χ4n) is 1.43. The van der Waals surface area contributed by atoms with Crippen molar-refractivity contribution in [2.24, 2.45) is 5.73 Å². The minimum atomic E-state index is -0.543. The van der Waals surface area contributed by atoms with Gasteiger partial charge in [0.15, 0.2) is 11.5 Å². The van der Waals surface area contributed by atoms with Gasteiger partial charge in [-0.15, -0.1) is 11.3 Å². The molecular formula is C10H10N2O2S. The zero-order valence-electron chi connectivity index (χ0n) is 8.19. The summed E-state index contributed by atoms with van der Waals surface area (Å²) < 4.78 is 5.15. The van der Waals surface area contributed by atoms with Gasteiger partial charge in [0.1, 0.15) is 0 Å². The molecule has 1 amide bonds. The van der Waals surface area contributed by atoms with Gasteiger partial charge in [-0.25, -0.2) is 0 Å². The Morgan fingerprint density at radius 1 is 1.67 bits per heavy atom. The molecule has 15 heavy (non-hydrogen) atoms. The van der Waals surface area contributed by atoms with E-state index in [0.29, 0.717) is 12.2 Å². The summed E-state index contributed by atoms with van der Waals surface area (Å²) in [5, 5.41) is 5.65. The van der Waals surface area contributed by atoms with Crippen molar-refractivity contribution in [3.8, 4) is 10.6 Å². The highest BCUT2D eigenvalue weighted by atomic mass is 32.1. The van der Waals surface area contributed by atoms with Gasteiger partial charge in [0.25, 0.3) is 5.91 Å². The number of hydrogen-bond acceptors (Lipinski definition) is 4. The first-order valence-corrected chi connectivity index (χ1v) is 5.44. The number of nitrogens with two attached hydrogens (primary N) is 1. The summed E-state index contributed by atoms with van der Waals surface area (Å²) in [6.45, 7) is 1.94. The largest absolute Gasteiger partial charge is 0.364 e. The lowest BCUT2D eigenvalue weighted by Gasteiger charge is -1.95. The highest BCUT2D eigenvalue weighted by molar-refractivity contribution is 7.13. The predicted molar refractivity (Wildman–Crippen MR) is 57.7 cm³/mol. The third-order valence-corrected chi connectivity index (χ3v) is 2.99. The maximum Gasteiger partial charge on any atom is 0.271 e. The maximum absolute atomic E-state index is 11.1. The Kier molecular flexibility index (Phi) is 2.55. The molecule has 0 fully saturated rings. The van der Waals surface area contributed by atoms with E-state index < -0.39 is 5.91 Å². The first-order chi connectivity index (χ1) is 7.24. The number of aromatic nitrogens is 1. The third kappa shape index (κ3) is 1.66. The number of primary amides is 1. The quantitative estimate of drug-likeness (QED) is 0.864. The molecule has 78 valence electrons.